The lowest BCUT2D eigenvalue weighted by molar-refractivity contribution is -0.138. The topological polar surface area (TPSA) is 55.2 Å². The first-order chi connectivity index (χ1) is 13.4. The van der Waals surface area contributed by atoms with E-state index >= 15 is 0 Å². The van der Waals surface area contributed by atoms with Gasteiger partial charge in [0.05, 0.1) is 11.9 Å². The van der Waals surface area contributed by atoms with Crippen LogP contribution in [0, 0.1) is 17.8 Å². The molecule has 0 bridgehead atoms. The monoisotopic (exact) mass is 421 g/mol. The van der Waals surface area contributed by atoms with E-state index in [1.165, 1.54) is 0 Å². The molecule has 1 aromatic heterocycles. The first-order valence-electron chi connectivity index (χ1n) is 9.96. The van der Waals surface area contributed by atoms with E-state index < -0.39 is 0 Å². The van der Waals surface area contributed by atoms with Crippen molar-refractivity contribution in [2.75, 3.05) is 6.54 Å². The Balaban J connectivity index is 1.59. The Morgan fingerprint density at radius 2 is 2.04 bits per heavy atom. The molecule has 1 aliphatic carbocycles. The SMILES string of the molecule is C[C@H]1[C@H]2CCC[C@@H](C=O)[C@@H]2CCN1C(=O)Cc1c(Cl)ccc2c1c(Cl)nn2C. The van der Waals surface area contributed by atoms with E-state index in [9.17, 15) is 9.59 Å². The van der Waals surface area contributed by atoms with Crippen molar-refractivity contribution < 1.29 is 9.59 Å². The zero-order valence-electron chi connectivity index (χ0n) is 16.2. The number of halogens is 2. The summed E-state index contributed by atoms with van der Waals surface area (Å²) < 4.78 is 1.71. The maximum atomic E-state index is 13.2. The van der Waals surface area contributed by atoms with E-state index in [0.717, 1.165) is 48.4 Å². The fourth-order valence-electron chi connectivity index (χ4n) is 5.38. The highest BCUT2D eigenvalue weighted by atomic mass is 35.5. The number of nitrogens with zero attached hydrogens (tertiary/aromatic N) is 3. The fourth-order valence-corrected chi connectivity index (χ4v) is 5.93. The molecular formula is C21H25Cl2N3O2. The number of carbonyl (C=O) groups is 2. The molecule has 0 radical (unpaired) electrons. The maximum Gasteiger partial charge on any atom is 0.227 e. The summed E-state index contributed by atoms with van der Waals surface area (Å²) in [6.45, 7) is 2.82. The lowest BCUT2D eigenvalue weighted by Gasteiger charge is -2.48. The summed E-state index contributed by atoms with van der Waals surface area (Å²) in [5, 5.41) is 5.93. The summed E-state index contributed by atoms with van der Waals surface area (Å²) in [6, 6.07) is 3.81. The fraction of sp³-hybridized carbons (Fsp3) is 0.571. The lowest BCUT2D eigenvalue weighted by Crippen LogP contribution is -2.53. The van der Waals surface area contributed by atoms with Gasteiger partial charge >= 0.3 is 0 Å². The molecule has 0 spiro atoms. The van der Waals surface area contributed by atoms with E-state index in [1.807, 2.05) is 18.0 Å². The number of hydrogen-bond donors (Lipinski definition) is 0. The first-order valence-corrected chi connectivity index (χ1v) is 10.7. The molecule has 4 rings (SSSR count). The second-order valence-corrected chi connectivity index (χ2v) is 8.95. The van der Waals surface area contributed by atoms with Crippen LogP contribution in [-0.4, -0.2) is 39.5 Å². The van der Waals surface area contributed by atoms with Crippen LogP contribution in [0.1, 0.15) is 38.2 Å². The Morgan fingerprint density at radius 3 is 2.79 bits per heavy atom. The number of amides is 1. The highest BCUT2D eigenvalue weighted by Gasteiger charge is 2.42. The molecule has 28 heavy (non-hydrogen) atoms. The molecule has 1 amide bonds. The Labute approximate surface area is 175 Å². The molecule has 1 saturated carbocycles. The molecule has 4 atom stereocenters. The predicted molar refractivity (Wildman–Crippen MR) is 111 cm³/mol. The zero-order chi connectivity index (χ0) is 20.0. The standard InChI is InChI=1S/C21H25Cl2N3O2/c1-12-14-5-3-4-13(11-27)15(14)8-9-26(12)19(28)10-16-17(22)6-7-18-20(16)21(23)24-25(18)2/h6-7,11-15H,3-5,8-10H2,1-2H3/t12-,13-,14+,15-/m0/s1. The highest BCUT2D eigenvalue weighted by Crippen LogP contribution is 2.43. The van der Waals surface area contributed by atoms with Crippen LogP contribution in [0.15, 0.2) is 12.1 Å². The van der Waals surface area contributed by atoms with Crippen molar-refractivity contribution >= 4 is 46.3 Å². The number of carbonyl (C=O) groups excluding carboxylic acids is 2. The van der Waals surface area contributed by atoms with Gasteiger partial charge in [-0.25, -0.2) is 0 Å². The minimum absolute atomic E-state index is 0.0634. The van der Waals surface area contributed by atoms with Gasteiger partial charge in [0.15, 0.2) is 5.15 Å². The number of benzene rings is 1. The summed E-state index contributed by atoms with van der Waals surface area (Å²) in [5.41, 5.74) is 1.61. The van der Waals surface area contributed by atoms with Gasteiger partial charge in [-0.05, 0) is 55.7 Å². The Morgan fingerprint density at radius 1 is 1.25 bits per heavy atom. The number of aromatic nitrogens is 2. The molecule has 1 aromatic carbocycles. The summed E-state index contributed by atoms with van der Waals surface area (Å²) >= 11 is 12.8. The van der Waals surface area contributed by atoms with Crippen molar-refractivity contribution in [2.24, 2.45) is 24.8 Å². The largest absolute Gasteiger partial charge is 0.339 e. The smallest absolute Gasteiger partial charge is 0.227 e. The minimum Gasteiger partial charge on any atom is -0.339 e. The van der Waals surface area contributed by atoms with Gasteiger partial charge in [-0.1, -0.05) is 29.6 Å². The third-order valence-electron chi connectivity index (χ3n) is 6.84. The van der Waals surface area contributed by atoms with Crippen LogP contribution in [0.25, 0.3) is 10.9 Å². The van der Waals surface area contributed by atoms with Crippen LogP contribution < -0.4 is 0 Å². The second-order valence-electron chi connectivity index (χ2n) is 8.19. The van der Waals surface area contributed by atoms with Gasteiger partial charge in [0.25, 0.3) is 0 Å². The Hall–Kier alpha value is -1.59. The molecular weight excluding hydrogens is 397 g/mol. The van der Waals surface area contributed by atoms with Gasteiger partial charge in [0, 0.05) is 36.0 Å². The number of aryl methyl sites for hydroxylation is 1. The van der Waals surface area contributed by atoms with Crippen LogP contribution >= 0.6 is 23.2 Å². The van der Waals surface area contributed by atoms with Crippen LogP contribution in [0.2, 0.25) is 10.2 Å². The molecule has 2 fully saturated rings. The van der Waals surface area contributed by atoms with Crippen LogP contribution in [0.3, 0.4) is 0 Å². The normalized spacial score (nSPS) is 27.6. The van der Waals surface area contributed by atoms with Crippen LogP contribution in [-0.2, 0) is 23.1 Å². The van der Waals surface area contributed by atoms with Crippen LogP contribution in [0.4, 0.5) is 0 Å². The molecule has 150 valence electrons. The number of fused-ring (bicyclic) bond motifs is 2. The Kier molecular flexibility index (Phi) is 5.41. The molecule has 1 saturated heterocycles. The lowest BCUT2D eigenvalue weighted by atomic mass is 9.66. The molecule has 1 aliphatic heterocycles. The summed E-state index contributed by atoms with van der Waals surface area (Å²) in [5.74, 6) is 1.02. The van der Waals surface area contributed by atoms with Crippen molar-refractivity contribution in [3.8, 4) is 0 Å². The Bertz CT molecular complexity index is 926. The van der Waals surface area contributed by atoms with Crippen molar-refractivity contribution in [2.45, 2.75) is 45.1 Å². The average Bonchev–Trinajstić information content (AvgIpc) is 2.97. The molecule has 7 heteroatoms. The molecule has 2 heterocycles. The van der Waals surface area contributed by atoms with Crippen molar-refractivity contribution in [3.05, 3.63) is 27.9 Å². The van der Waals surface area contributed by atoms with E-state index in [2.05, 4.69) is 12.0 Å². The first kappa shape index (κ1) is 19.7. The van der Waals surface area contributed by atoms with Crippen LogP contribution in [0.5, 0.6) is 0 Å². The maximum absolute atomic E-state index is 13.2. The third kappa shape index (κ3) is 3.22. The highest BCUT2D eigenvalue weighted by molar-refractivity contribution is 6.37. The van der Waals surface area contributed by atoms with Gasteiger partial charge in [0.1, 0.15) is 6.29 Å². The molecule has 0 N–H and O–H groups in total. The van der Waals surface area contributed by atoms with Gasteiger partial charge in [-0.15, -0.1) is 0 Å². The van der Waals surface area contributed by atoms with E-state index in [-0.39, 0.29) is 24.3 Å². The molecule has 0 unspecified atom stereocenters. The quantitative estimate of drug-likeness (QED) is 0.694. The predicted octanol–water partition coefficient (Wildman–Crippen LogP) is 4.27. The average molecular weight is 422 g/mol. The molecule has 2 aromatic rings. The summed E-state index contributed by atoms with van der Waals surface area (Å²) in [6.07, 6.45) is 5.38. The minimum atomic E-state index is 0.0634. The second kappa shape index (κ2) is 7.68. The van der Waals surface area contributed by atoms with Gasteiger partial charge in [-0.2, -0.15) is 5.10 Å². The van der Waals surface area contributed by atoms with Crippen molar-refractivity contribution in [3.63, 3.8) is 0 Å². The van der Waals surface area contributed by atoms with Gasteiger partial charge in [-0.3, -0.25) is 9.48 Å². The van der Waals surface area contributed by atoms with Gasteiger partial charge < -0.3 is 9.69 Å². The number of likely N-dealkylation sites (tertiary alicyclic amines) is 1. The van der Waals surface area contributed by atoms with E-state index in [1.54, 1.807) is 10.7 Å². The number of piperidine rings is 1. The van der Waals surface area contributed by atoms with E-state index in [0.29, 0.717) is 28.6 Å². The molecule has 5 nitrogen and oxygen atoms in total. The zero-order valence-corrected chi connectivity index (χ0v) is 17.7. The number of aldehydes is 1. The van der Waals surface area contributed by atoms with Crippen molar-refractivity contribution in [1.82, 2.24) is 14.7 Å². The summed E-state index contributed by atoms with van der Waals surface area (Å²) in [7, 11) is 1.83. The van der Waals surface area contributed by atoms with Gasteiger partial charge in [0.2, 0.25) is 5.91 Å². The number of rotatable bonds is 3. The summed E-state index contributed by atoms with van der Waals surface area (Å²) in [4.78, 5) is 26.7. The van der Waals surface area contributed by atoms with Crippen molar-refractivity contribution in [1.29, 1.82) is 0 Å². The van der Waals surface area contributed by atoms with E-state index in [4.69, 9.17) is 23.2 Å². The third-order valence-corrected chi connectivity index (χ3v) is 7.46. The number of hydrogen-bond acceptors (Lipinski definition) is 3. The molecule has 2 aliphatic rings.